The highest BCUT2D eigenvalue weighted by Crippen LogP contribution is 2.38. The second-order valence-electron chi connectivity index (χ2n) is 6.39. The normalized spacial score (nSPS) is 18.3. The molecule has 21 heavy (non-hydrogen) atoms. The number of carbonyl (C=O) groups excluding carboxylic acids is 2. The van der Waals surface area contributed by atoms with Crippen LogP contribution in [0, 0.1) is 0 Å². The Morgan fingerprint density at radius 1 is 1.33 bits per heavy atom. The number of amides is 2. The Hall–Kier alpha value is -1.56. The molecule has 5 nitrogen and oxygen atoms in total. The number of nitrogens with two attached hydrogens (primary N) is 1. The minimum absolute atomic E-state index is 0.311. The van der Waals surface area contributed by atoms with Gasteiger partial charge in [0.1, 0.15) is 5.60 Å². The van der Waals surface area contributed by atoms with E-state index >= 15 is 0 Å². The number of thiophene rings is 1. The summed E-state index contributed by atoms with van der Waals surface area (Å²) in [6.07, 6.45) is 0.760. The van der Waals surface area contributed by atoms with E-state index < -0.39 is 11.0 Å². The second-order valence-corrected chi connectivity index (χ2v) is 7.34. The van der Waals surface area contributed by atoms with E-state index in [-0.39, 0.29) is 12.0 Å². The molecule has 0 aromatic carbocycles. The zero-order valence-electron chi connectivity index (χ0n) is 12.7. The number of piperidine rings is 1. The van der Waals surface area contributed by atoms with E-state index in [2.05, 4.69) is 0 Å². The third-order valence-electron chi connectivity index (χ3n) is 3.73. The van der Waals surface area contributed by atoms with E-state index in [0.29, 0.717) is 25.9 Å². The van der Waals surface area contributed by atoms with Gasteiger partial charge in [-0.3, -0.25) is 4.79 Å². The van der Waals surface area contributed by atoms with Crippen molar-refractivity contribution in [1.29, 1.82) is 0 Å². The third-order valence-corrected chi connectivity index (χ3v) is 4.81. The van der Waals surface area contributed by atoms with Gasteiger partial charge in [0, 0.05) is 18.0 Å². The summed E-state index contributed by atoms with van der Waals surface area (Å²) in [5.74, 6) is -0.311. The number of ether oxygens (including phenoxy) is 1. The van der Waals surface area contributed by atoms with Crippen LogP contribution in [-0.4, -0.2) is 35.6 Å². The molecule has 1 aliphatic heterocycles. The number of rotatable bonds is 2. The van der Waals surface area contributed by atoms with Crippen LogP contribution in [0.3, 0.4) is 0 Å². The Bertz CT molecular complexity index is 512. The lowest BCUT2D eigenvalue weighted by molar-refractivity contribution is -0.125. The van der Waals surface area contributed by atoms with Gasteiger partial charge in [-0.1, -0.05) is 6.07 Å². The monoisotopic (exact) mass is 310 g/mol. The molecule has 1 fully saturated rings. The van der Waals surface area contributed by atoms with Crippen LogP contribution in [0.15, 0.2) is 17.5 Å². The molecule has 0 bridgehead atoms. The topological polar surface area (TPSA) is 72.6 Å². The quantitative estimate of drug-likeness (QED) is 0.912. The molecule has 0 radical (unpaired) electrons. The first kappa shape index (κ1) is 15.8. The fourth-order valence-electron chi connectivity index (χ4n) is 2.56. The lowest BCUT2D eigenvalue weighted by Crippen LogP contribution is -2.51. The molecule has 1 aromatic heterocycles. The Morgan fingerprint density at radius 2 is 1.95 bits per heavy atom. The SMILES string of the molecule is CC(C)(C)OC(=O)N1CCC(C(N)=O)(c2cccs2)CC1. The summed E-state index contributed by atoms with van der Waals surface area (Å²) in [6, 6.07) is 3.86. The molecule has 2 heterocycles. The number of carbonyl (C=O) groups is 2. The molecule has 0 unspecified atom stereocenters. The van der Waals surface area contributed by atoms with Crippen molar-refractivity contribution in [2.24, 2.45) is 5.73 Å². The maximum atomic E-state index is 12.1. The van der Waals surface area contributed by atoms with E-state index in [9.17, 15) is 9.59 Å². The summed E-state index contributed by atoms with van der Waals surface area (Å²) in [7, 11) is 0. The molecule has 2 N–H and O–H groups in total. The number of hydrogen-bond acceptors (Lipinski definition) is 4. The zero-order chi connectivity index (χ0) is 15.7. The summed E-state index contributed by atoms with van der Waals surface area (Å²) in [6.45, 7) is 6.49. The molecule has 116 valence electrons. The molecule has 0 atom stereocenters. The first-order valence-corrected chi connectivity index (χ1v) is 7.94. The van der Waals surface area contributed by atoms with Gasteiger partial charge in [0.15, 0.2) is 0 Å². The van der Waals surface area contributed by atoms with Crippen molar-refractivity contribution in [2.75, 3.05) is 13.1 Å². The molecule has 0 aliphatic carbocycles. The highest BCUT2D eigenvalue weighted by Gasteiger charge is 2.43. The Morgan fingerprint density at radius 3 is 2.38 bits per heavy atom. The van der Waals surface area contributed by atoms with E-state index in [1.54, 1.807) is 16.2 Å². The number of hydrogen-bond donors (Lipinski definition) is 1. The van der Waals surface area contributed by atoms with Gasteiger partial charge in [-0.25, -0.2) is 4.79 Å². The van der Waals surface area contributed by atoms with E-state index in [4.69, 9.17) is 10.5 Å². The van der Waals surface area contributed by atoms with E-state index in [1.807, 2.05) is 38.3 Å². The van der Waals surface area contributed by atoms with Crippen molar-refractivity contribution >= 4 is 23.3 Å². The van der Waals surface area contributed by atoms with Crippen LogP contribution in [0.25, 0.3) is 0 Å². The van der Waals surface area contributed by atoms with Gasteiger partial charge in [0.05, 0.1) is 5.41 Å². The van der Waals surface area contributed by atoms with E-state index in [1.165, 1.54) is 0 Å². The molecule has 2 amide bonds. The van der Waals surface area contributed by atoms with Crippen molar-refractivity contribution in [3.05, 3.63) is 22.4 Å². The van der Waals surface area contributed by atoms with Crippen LogP contribution in [0.1, 0.15) is 38.5 Å². The highest BCUT2D eigenvalue weighted by atomic mass is 32.1. The lowest BCUT2D eigenvalue weighted by atomic mass is 9.76. The Kier molecular flexibility index (Phi) is 4.27. The van der Waals surface area contributed by atoms with Gasteiger partial charge in [-0.05, 0) is 45.1 Å². The maximum Gasteiger partial charge on any atom is 0.410 e. The molecule has 2 rings (SSSR count). The van der Waals surface area contributed by atoms with Crippen molar-refractivity contribution in [3.8, 4) is 0 Å². The standard InChI is InChI=1S/C15H22N2O3S/c1-14(2,3)20-13(19)17-8-6-15(7-9-17,12(16)18)11-5-4-10-21-11/h4-5,10H,6-9H2,1-3H3,(H2,16,18). The smallest absolute Gasteiger partial charge is 0.410 e. The van der Waals surface area contributed by atoms with Crippen molar-refractivity contribution < 1.29 is 14.3 Å². The zero-order valence-corrected chi connectivity index (χ0v) is 13.5. The van der Waals surface area contributed by atoms with Gasteiger partial charge in [-0.2, -0.15) is 0 Å². The largest absolute Gasteiger partial charge is 0.444 e. The van der Waals surface area contributed by atoms with Crippen LogP contribution in [-0.2, 0) is 14.9 Å². The number of nitrogens with zero attached hydrogens (tertiary/aromatic N) is 1. The van der Waals surface area contributed by atoms with Crippen LogP contribution < -0.4 is 5.73 Å². The minimum Gasteiger partial charge on any atom is -0.444 e. The van der Waals surface area contributed by atoms with Crippen LogP contribution >= 0.6 is 11.3 Å². The predicted molar refractivity (Wildman–Crippen MR) is 82.2 cm³/mol. The predicted octanol–water partition coefficient (Wildman–Crippen LogP) is 2.50. The summed E-state index contributed by atoms with van der Waals surface area (Å²) < 4.78 is 5.37. The molecular formula is C15H22N2O3S. The maximum absolute atomic E-state index is 12.1. The first-order valence-electron chi connectivity index (χ1n) is 7.06. The van der Waals surface area contributed by atoms with Gasteiger partial charge >= 0.3 is 6.09 Å². The van der Waals surface area contributed by atoms with Crippen molar-refractivity contribution in [1.82, 2.24) is 4.90 Å². The molecule has 0 spiro atoms. The van der Waals surface area contributed by atoms with Gasteiger partial charge in [0.2, 0.25) is 5.91 Å². The Labute approximate surface area is 129 Å². The van der Waals surface area contributed by atoms with Gasteiger partial charge < -0.3 is 15.4 Å². The highest BCUT2D eigenvalue weighted by molar-refractivity contribution is 7.10. The lowest BCUT2D eigenvalue weighted by Gasteiger charge is -2.39. The molecule has 1 aliphatic rings. The summed E-state index contributed by atoms with van der Waals surface area (Å²) >= 11 is 1.54. The number of likely N-dealkylation sites (tertiary alicyclic amines) is 1. The summed E-state index contributed by atoms with van der Waals surface area (Å²) in [5.41, 5.74) is 4.49. The fourth-order valence-corrected chi connectivity index (χ4v) is 3.55. The summed E-state index contributed by atoms with van der Waals surface area (Å²) in [5, 5.41) is 1.94. The average molecular weight is 310 g/mol. The number of primary amides is 1. The molecular weight excluding hydrogens is 288 g/mol. The first-order chi connectivity index (χ1) is 9.74. The summed E-state index contributed by atoms with van der Waals surface area (Å²) in [4.78, 5) is 26.7. The van der Waals surface area contributed by atoms with Crippen molar-refractivity contribution in [2.45, 2.75) is 44.6 Å². The van der Waals surface area contributed by atoms with Gasteiger partial charge in [-0.15, -0.1) is 11.3 Å². The fraction of sp³-hybridized carbons (Fsp3) is 0.600. The average Bonchev–Trinajstić information content (AvgIpc) is 2.90. The minimum atomic E-state index is -0.646. The van der Waals surface area contributed by atoms with Gasteiger partial charge in [0.25, 0.3) is 0 Å². The van der Waals surface area contributed by atoms with E-state index in [0.717, 1.165) is 4.88 Å². The molecule has 1 saturated heterocycles. The Balaban J connectivity index is 2.08. The second kappa shape index (κ2) is 5.67. The van der Waals surface area contributed by atoms with Crippen LogP contribution in [0.5, 0.6) is 0 Å². The third kappa shape index (κ3) is 3.37. The molecule has 1 aromatic rings. The molecule has 6 heteroatoms. The van der Waals surface area contributed by atoms with Crippen molar-refractivity contribution in [3.63, 3.8) is 0 Å². The molecule has 0 saturated carbocycles. The van der Waals surface area contributed by atoms with Crippen LogP contribution in [0.4, 0.5) is 4.79 Å². The van der Waals surface area contributed by atoms with Crippen LogP contribution in [0.2, 0.25) is 0 Å².